The number of rotatable bonds is 4. The molecule has 0 bridgehead atoms. The van der Waals surface area contributed by atoms with Crippen molar-refractivity contribution in [2.24, 2.45) is 5.92 Å². The highest BCUT2D eigenvalue weighted by Crippen LogP contribution is 2.35. The summed E-state index contributed by atoms with van der Waals surface area (Å²) in [4.78, 5) is 30.7. The molecule has 3 rings (SSSR count). The second kappa shape index (κ2) is 11.6. The van der Waals surface area contributed by atoms with Crippen molar-refractivity contribution < 1.29 is 27.5 Å². The lowest BCUT2D eigenvalue weighted by Gasteiger charge is -2.31. The summed E-state index contributed by atoms with van der Waals surface area (Å²) < 4.78 is 48.1. The average molecular weight is 570 g/mol. The number of amides is 2. The van der Waals surface area contributed by atoms with Crippen LogP contribution < -0.4 is 5.32 Å². The Labute approximate surface area is 217 Å². The molecular weight excluding hydrogens is 539 g/mol. The van der Waals surface area contributed by atoms with E-state index in [1.165, 1.54) is 18.3 Å². The van der Waals surface area contributed by atoms with Gasteiger partial charge in [0.25, 0.3) is 5.91 Å². The first-order valence-corrected chi connectivity index (χ1v) is 12.7. The molecule has 196 valence electrons. The molecule has 0 spiro atoms. The van der Waals surface area contributed by atoms with E-state index in [0.717, 1.165) is 25.3 Å². The van der Waals surface area contributed by atoms with E-state index >= 15 is 0 Å². The van der Waals surface area contributed by atoms with Crippen molar-refractivity contribution in [3.63, 3.8) is 0 Å². The number of ether oxygens (including phenoxy) is 1. The van der Waals surface area contributed by atoms with Gasteiger partial charge in [0.15, 0.2) is 0 Å². The normalized spacial score (nSPS) is 17.2. The summed E-state index contributed by atoms with van der Waals surface area (Å²) in [5, 5.41) is 2.53. The number of hydrogen-bond acceptors (Lipinski definition) is 4. The first kappa shape index (κ1) is 28.0. The summed E-state index contributed by atoms with van der Waals surface area (Å²) in [6, 6.07) is 6.93. The van der Waals surface area contributed by atoms with Crippen molar-refractivity contribution in [2.75, 3.05) is 18.4 Å². The Kier molecular flexibility index (Phi) is 9.03. The summed E-state index contributed by atoms with van der Waals surface area (Å²) in [7, 11) is 0. The van der Waals surface area contributed by atoms with Crippen LogP contribution in [0, 0.1) is 5.92 Å². The third-order valence-corrected chi connectivity index (χ3v) is 6.39. The summed E-state index contributed by atoms with van der Waals surface area (Å²) in [5.74, 6) is -0.463. The third-order valence-electron chi connectivity index (χ3n) is 5.90. The average Bonchev–Trinajstić information content (AvgIpc) is 2.74. The maximum Gasteiger partial charge on any atom is 0.416 e. The van der Waals surface area contributed by atoms with Crippen LogP contribution in [0.4, 0.5) is 23.8 Å². The van der Waals surface area contributed by atoms with Gasteiger partial charge in [-0.2, -0.15) is 13.2 Å². The van der Waals surface area contributed by atoms with Crippen LogP contribution in [-0.4, -0.2) is 40.6 Å². The van der Waals surface area contributed by atoms with Gasteiger partial charge in [-0.25, -0.2) is 9.78 Å². The minimum atomic E-state index is -4.61. The Morgan fingerprint density at radius 3 is 2.53 bits per heavy atom. The van der Waals surface area contributed by atoms with Gasteiger partial charge in [0.1, 0.15) is 11.4 Å². The number of nitrogens with zero attached hydrogens (tertiary/aromatic N) is 2. The molecule has 2 amide bonds. The van der Waals surface area contributed by atoms with Crippen molar-refractivity contribution in [1.29, 1.82) is 0 Å². The molecule has 2 heterocycles. The fourth-order valence-corrected chi connectivity index (χ4v) is 4.51. The van der Waals surface area contributed by atoms with E-state index in [9.17, 15) is 22.8 Å². The molecule has 1 saturated heterocycles. The molecule has 0 radical (unpaired) electrons. The Morgan fingerprint density at radius 2 is 1.86 bits per heavy atom. The molecule has 1 N–H and O–H groups in total. The van der Waals surface area contributed by atoms with Crippen molar-refractivity contribution >= 4 is 33.7 Å². The predicted octanol–water partition coefficient (Wildman–Crippen LogP) is 7.09. The van der Waals surface area contributed by atoms with Gasteiger partial charge in [-0.3, -0.25) is 4.79 Å². The molecular formula is C26H31BrF3N3O3. The number of benzene rings is 1. The van der Waals surface area contributed by atoms with E-state index in [0.29, 0.717) is 24.0 Å². The second-order valence-corrected chi connectivity index (χ2v) is 10.9. The number of alkyl halides is 3. The Bertz CT molecular complexity index is 1090. The maximum atomic E-state index is 14.0. The molecule has 36 heavy (non-hydrogen) atoms. The van der Waals surface area contributed by atoms with Gasteiger partial charge in [0.05, 0.1) is 5.56 Å². The number of aromatic nitrogens is 1. The summed E-state index contributed by atoms with van der Waals surface area (Å²) in [5.41, 5.74) is -1.37. The molecule has 1 aliphatic rings. The smallest absolute Gasteiger partial charge is 0.416 e. The summed E-state index contributed by atoms with van der Waals surface area (Å²) in [6.45, 7) is 6.41. The minimum absolute atomic E-state index is 0.0260. The first-order chi connectivity index (χ1) is 16.8. The maximum absolute atomic E-state index is 14.0. The molecule has 6 nitrogen and oxygen atoms in total. The molecule has 0 saturated carbocycles. The highest BCUT2D eigenvalue weighted by Gasteiger charge is 2.35. The van der Waals surface area contributed by atoms with Crippen LogP contribution in [0.3, 0.4) is 0 Å². The molecule has 0 aliphatic carbocycles. The Morgan fingerprint density at radius 1 is 1.11 bits per heavy atom. The van der Waals surface area contributed by atoms with E-state index < -0.39 is 29.3 Å². The van der Waals surface area contributed by atoms with Crippen molar-refractivity contribution in [1.82, 2.24) is 9.88 Å². The topological polar surface area (TPSA) is 71.5 Å². The highest BCUT2D eigenvalue weighted by molar-refractivity contribution is 9.10. The zero-order valence-electron chi connectivity index (χ0n) is 20.6. The number of anilines is 1. The van der Waals surface area contributed by atoms with Gasteiger partial charge in [0.2, 0.25) is 0 Å². The quantitative estimate of drug-likeness (QED) is 0.426. The van der Waals surface area contributed by atoms with Crippen molar-refractivity contribution in [3.05, 3.63) is 57.7 Å². The number of hydrogen-bond donors (Lipinski definition) is 1. The largest absolute Gasteiger partial charge is 0.444 e. The lowest BCUT2D eigenvalue weighted by Crippen LogP contribution is -2.39. The van der Waals surface area contributed by atoms with Gasteiger partial charge in [-0.15, -0.1) is 0 Å². The van der Waals surface area contributed by atoms with Crippen LogP contribution in [-0.2, 0) is 17.3 Å². The fourth-order valence-electron chi connectivity index (χ4n) is 4.18. The van der Waals surface area contributed by atoms with Gasteiger partial charge >= 0.3 is 12.3 Å². The lowest BCUT2D eigenvalue weighted by atomic mass is 9.87. The van der Waals surface area contributed by atoms with Crippen molar-refractivity contribution in [3.8, 4) is 0 Å². The summed E-state index contributed by atoms with van der Waals surface area (Å²) >= 11 is 3.27. The molecule has 1 aliphatic heterocycles. The molecule has 1 aromatic heterocycles. The second-order valence-electron chi connectivity index (χ2n) is 10.0. The summed E-state index contributed by atoms with van der Waals surface area (Å²) in [6.07, 6.45) is -0.382. The minimum Gasteiger partial charge on any atom is -0.444 e. The van der Waals surface area contributed by atoms with Gasteiger partial charge in [-0.05, 0) is 82.2 Å². The number of pyridine rings is 1. The molecule has 10 heteroatoms. The van der Waals surface area contributed by atoms with Crippen LogP contribution in [0.25, 0.3) is 0 Å². The lowest BCUT2D eigenvalue weighted by molar-refractivity contribution is -0.138. The standard InChI is InChI=1S/C26H31BrF3N3O3/c1-25(2,3)36-24(35)33-12-5-4-6-17(10-13-33)14-18-7-8-19(15-21(18)26(28,29)30)23(34)32-22-16-20(27)9-11-31-22/h7-9,11,15-17H,4-6,10,12-14H2,1-3H3,(H,31,32,34). The molecule has 1 unspecified atom stereocenters. The van der Waals surface area contributed by atoms with Gasteiger partial charge < -0.3 is 15.0 Å². The van der Waals surface area contributed by atoms with Crippen LogP contribution in [0.5, 0.6) is 0 Å². The van der Waals surface area contributed by atoms with E-state index in [4.69, 9.17) is 4.74 Å². The Hall–Kier alpha value is -2.62. The van der Waals surface area contributed by atoms with Crippen LogP contribution in [0.2, 0.25) is 0 Å². The van der Waals surface area contributed by atoms with Crippen LogP contribution in [0.15, 0.2) is 41.0 Å². The number of carbonyl (C=O) groups is 2. The van der Waals surface area contributed by atoms with Crippen LogP contribution in [0.1, 0.15) is 67.9 Å². The Balaban J connectivity index is 1.74. The molecule has 2 aromatic rings. The van der Waals surface area contributed by atoms with Gasteiger partial charge in [0, 0.05) is 29.3 Å². The molecule has 1 atom stereocenters. The number of likely N-dealkylation sites (tertiary alicyclic amines) is 1. The highest BCUT2D eigenvalue weighted by atomic mass is 79.9. The monoisotopic (exact) mass is 569 g/mol. The molecule has 1 aromatic carbocycles. The predicted molar refractivity (Wildman–Crippen MR) is 135 cm³/mol. The van der Waals surface area contributed by atoms with E-state index in [2.05, 4.69) is 26.2 Å². The SMILES string of the molecule is CC(C)(C)OC(=O)N1CCCCC(Cc2ccc(C(=O)Nc3cc(Br)ccn3)cc2C(F)(F)F)CC1. The van der Waals surface area contributed by atoms with Crippen LogP contribution >= 0.6 is 15.9 Å². The van der Waals surface area contributed by atoms with E-state index in [-0.39, 0.29) is 29.3 Å². The van der Waals surface area contributed by atoms with Crippen molar-refractivity contribution in [2.45, 2.75) is 64.7 Å². The van der Waals surface area contributed by atoms with E-state index in [1.807, 2.05) is 0 Å². The zero-order chi connectivity index (χ0) is 26.5. The fraction of sp³-hybridized carbons (Fsp3) is 0.500. The van der Waals surface area contributed by atoms with E-state index in [1.54, 1.807) is 37.8 Å². The third kappa shape index (κ3) is 8.21. The molecule has 1 fully saturated rings. The number of carbonyl (C=O) groups excluding carboxylic acids is 2. The van der Waals surface area contributed by atoms with Gasteiger partial charge in [-0.1, -0.05) is 28.4 Å². The number of nitrogens with one attached hydrogen (secondary N) is 1. The number of halogens is 4. The zero-order valence-corrected chi connectivity index (χ0v) is 22.2. The first-order valence-electron chi connectivity index (χ1n) is 11.9.